The fourth-order valence-electron chi connectivity index (χ4n) is 6.95. The largest absolute Gasteiger partial charge is 0.399 e. The van der Waals surface area contributed by atoms with E-state index in [1.54, 1.807) is 0 Å². The van der Waals surface area contributed by atoms with Gasteiger partial charge >= 0.3 is 0 Å². The maximum Gasteiger partial charge on any atom is 0.0343 e. The second-order valence-corrected chi connectivity index (χ2v) is 14.5. The molecule has 0 aliphatic heterocycles. The maximum atomic E-state index is 5.96. The minimum absolute atomic E-state index is 0.879. The van der Waals surface area contributed by atoms with E-state index >= 15 is 0 Å². The highest BCUT2D eigenvalue weighted by molar-refractivity contribution is 5.49. The first kappa shape index (κ1) is 37.3. The van der Waals surface area contributed by atoms with Crippen molar-refractivity contribution in [1.82, 2.24) is 0 Å². The van der Waals surface area contributed by atoms with Crippen LogP contribution in [-0.2, 0) is 25.7 Å². The SMILES string of the molecule is Cc1cc(Cc2ccc(CCCCCCCCCCCCCCCCCCc3ccc(Cc4ccc(N)c(C)c4)cc3)cc2)ccc1N. The molecule has 0 radical (unpaired) electrons. The molecule has 0 aliphatic carbocycles. The summed E-state index contributed by atoms with van der Waals surface area (Å²) in [6.07, 6.45) is 26.8. The molecular weight excluding hydrogens is 581 g/mol. The molecule has 0 spiro atoms. The van der Waals surface area contributed by atoms with Gasteiger partial charge in [0.2, 0.25) is 0 Å². The van der Waals surface area contributed by atoms with Crippen molar-refractivity contribution in [2.24, 2.45) is 0 Å². The van der Waals surface area contributed by atoms with Crippen molar-refractivity contribution in [2.45, 2.75) is 142 Å². The smallest absolute Gasteiger partial charge is 0.0343 e. The van der Waals surface area contributed by atoms with E-state index in [4.69, 9.17) is 11.5 Å². The van der Waals surface area contributed by atoms with Crippen LogP contribution < -0.4 is 11.5 Å². The van der Waals surface area contributed by atoms with E-state index in [2.05, 4.69) is 86.6 Å². The summed E-state index contributed by atoms with van der Waals surface area (Å²) >= 11 is 0. The van der Waals surface area contributed by atoms with Gasteiger partial charge < -0.3 is 11.5 Å². The zero-order chi connectivity index (χ0) is 33.8. The van der Waals surface area contributed by atoms with Gasteiger partial charge in [0.25, 0.3) is 0 Å². The third-order valence-electron chi connectivity index (χ3n) is 10.2. The van der Waals surface area contributed by atoms with Crippen molar-refractivity contribution >= 4 is 11.4 Å². The summed E-state index contributed by atoms with van der Waals surface area (Å²) in [5.74, 6) is 0. The Morgan fingerprint density at radius 2 is 0.562 bits per heavy atom. The van der Waals surface area contributed by atoms with Crippen LogP contribution in [-0.4, -0.2) is 0 Å². The molecular formula is C46H64N2. The Labute approximate surface area is 293 Å². The Hall–Kier alpha value is -3.52. The van der Waals surface area contributed by atoms with E-state index in [9.17, 15) is 0 Å². The van der Waals surface area contributed by atoms with Crippen molar-refractivity contribution in [3.63, 3.8) is 0 Å². The molecule has 2 heteroatoms. The molecule has 0 bridgehead atoms. The van der Waals surface area contributed by atoms with Gasteiger partial charge in [0.1, 0.15) is 0 Å². The first-order chi connectivity index (χ1) is 23.5. The molecule has 4 aromatic carbocycles. The van der Waals surface area contributed by atoms with E-state index < -0.39 is 0 Å². The number of hydrogen-bond acceptors (Lipinski definition) is 2. The van der Waals surface area contributed by atoms with E-state index in [-0.39, 0.29) is 0 Å². The molecule has 2 nitrogen and oxygen atoms in total. The van der Waals surface area contributed by atoms with Crippen molar-refractivity contribution in [3.8, 4) is 0 Å². The van der Waals surface area contributed by atoms with Crippen molar-refractivity contribution < 1.29 is 0 Å². The Balaban J connectivity index is 0.888. The fraction of sp³-hybridized carbons (Fsp3) is 0.478. The Kier molecular flexibility index (Phi) is 16.7. The van der Waals surface area contributed by atoms with Crippen LogP contribution in [0, 0.1) is 13.8 Å². The van der Waals surface area contributed by atoms with Gasteiger partial charge in [0, 0.05) is 11.4 Å². The quantitative estimate of drug-likeness (QED) is 0.0623. The van der Waals surface area contributed by atoms with Crippen LogP contribution in [0.4, 0.5) is 11.4 Å². The molecule has 0 heterocycles. The van der Waals surface area contributed by atoms with Gasteiger partial charge in [-0.05, 0) is 109 Å². The zero-order valence-corrected chi connectivity index (χ0v) is 30.4. The van der Waals surface area contributed by atoms with Crippen LogP contribution in [0.3, 0.4) is 0 Å². The van der Waals surface area contributed by atoms with Crippen LogP contribution in [0.25, 0.3) is 0 Å². The van der Waals surface area contributed by atoms with Crippen LogP contribution in [0.2, 0.25) is 0 Å². The van der Waals surface area contributed by atoms with Gasteiger partial charge in [-0.3, -0.25) is 0 Å². The molecule has 0 aliphatic rings. The summed E-state index contributed by atoms with van der Waals surface area (Å²) in [5.41, 5.74) is 24.4. The summed E-state index contributed by atoms with van der Waals surface area (Å²) in [6, 6.07) is 31.3. The van der Waals surface area contributed by atoms with Gasteiger partial charge in [0.05, 0.1) is 0 Å². The summed E-state index contributed by atoms with van der Waals surface area (Å²) < 4.78 is 0. The molecule has 258 valence electrons. The number of nitrogen functional groups attached to an aromatic ring is 2. The number of anilines is 2. The Morgan fingerprint density at radius 1 is 0.312 bits per heavy atom. The third kappa shape index (κ3) is 14.3. The number of hydrogen-bond donors (Lipinski definition) is 2. The zero-order valence-electron chi connectivity index (χ0n) is 30.4. The summed E-state index contributed by atoms with van der Waals surface area (Å²) in [6.45, 7) is 4.17. The standard InChI is InChI=1S/C46H64N2/c1-37-33-43(29-31-45(37)47)35-41-25-21-39(22-26-41)19-17-15-13-11-9-7-5-3-4-6-8-10-12-14-16-18-20-40-23-27-42(28-24-40)36-44-30-32-46(48)38(2)34-44/h21-34H,3-20,35-36,47-48H2,1-2H3. The number of unbranched alkanes of at least 4 members (excludes halogenated alkanes) is 15. The molecule has 48 heavy (non-hydrogen) atoms. The normalized spacial score (nSPS) is 11.3. The molecule has 0 unspecified atom stereocenters. The maximum absolute atomic E-state index is 5.96. The van der Waals surface area contributed by atoms with Gasteiger partial charge in [0.15, 0.2) is 0 Å². The second kappa shape index (κ2) is 21.5. The van der Waals surface area contributed by atoms with Crippen LogP contribution >= 0.6 is 0 Å². The van der Waals surface area contributed by atoms with Crippen molar-refractivity contribution in [3.05, 3.63) is 129 Å². The average Bonchev–Trinajstić information content (AvgIpc) is 3.09. The number of nitrogens with two attached hydrogens (primary N) is 2. The Bertz CT molecular complexity index is 1340. The van der Waals surface area contributed by atoms with E-state index in [0.717, 1.165) is 24.2 Å². The number of rotatable bonds is 23. The third-order valence-corrected chi connectivity index (χ3v) is 10.2. The highest BCUT2D eigenvalue weighted by Crippen LogP contribution is 2.20. The number of aryl methyl sites for hydroxylation is 4. The molecule has 4 N–H and O–H groups in total. The minimum atomic E-state index is 0.879. The molecule has 0 fully saturated rings. The van der Waals surface area contributed by atoms with Crippen LogP contribution in [0.15, 0.2) is 84.9 Å². The monoisotopic (exact) mass is 645 g/mol. The second-order valence-electron chi connectivity index (χ2n) is 14.5. The average molecular weight is 645 g/mol. The van der Waals surface area contributed by atoms with Gasteiger partial charge in [-0.15, -0.1) is 0 Å². The molecule has 0 aromatic heterocycles. The lowest BCUT2D eigenvalue weighted by Crippen LogP contribution is -1.94. The topological polar surface area (TPSA) is 52.0 Å². The van der Waals surface area contributed by atoms with E-state index in [1.807, 2.05) is 12.1 Å². The predicted octanol–water partition coefficient (Wildman–Crippen LogP) is 12.7. The summed E-state index contributed by atoms with van der Waals surface area (Å²) in [4.78, 5) is 0. The molecule has 0 saturated heterocycles. The van der Waals surface area contributed by atoms with E-state index in [0.29, 0.717) is 0 Å². The number of benzene rings is 4. The highest BCUT2D eigenvalue weighted by Gasteiger charge is 2.03. The molecule has 0 atom stereocenters. The van der Waals surface area contributed by atoms with Gasteiger partial charge in [-0.2, -0.15) is 0 Å². The lowest BCUT2D eigenvalue weighted by Gasteiger charge is -2.07. The molecule has 0 amide bonds. The van der Waals surface area contributed by atoms with Crippen LogP contribution in [0.5, 0.6) is 0 Å². The highest BCUT2D eigenvalue weighted by atomic mass is 14.6. The fourth-order valence-corrected chi connectivity index (χ4v) is 6.95. The summed E-state index contributed by atoms with van der Waals surface area (Å²) in [7, 11) is 0. The van der Waals surface area contributed by atoms with Crippen molar-refractivity contribution in [1.29, 1.82) is 0 Å². The van der Waals surface area contributed by atoms with E-state index in [1.165, 1.54) is 160 Å². The van der Waals surface area contributed by atoms with Gasteiger partial charge in [-0.1, -0.05) is 163 Å². The lowest BCUT2D eigenvalue weighted by molar-refractivity contribution is 0.528. The van der Waals surface area contributed by atoms with Gasteiger partial charge in [-0.25, -0.2) is 0 Å². The predicted molar refractivity (Wildman–Crippen MR) is 211 cm³/mol. The first-order valence-electron chi connectivity index (χ1n) is 19.3. The molecule has 4 aromatic rings. The molecule has 0 saturated carbocycles. The van der Waals surface area contributed by atoms with Crippen molar-refractivity contribution in [2.75, 3.05) is 11.5 Å². The molecule has 4 rings (SSSR count). The van der Waals surface area contributed by atoms with Crippen LogP contribution in [0.1, 0.15) is 147 Å². The first-order valence-corrected chi connectivity index (χ1v) is 19.3. The minimum Gasteiger partial charge on any atom is -0.399 e. The Morgan fingerprint density at radius 3 is 0.854 bits per heavy atom. The lowest BCUT2D eigenvalue weighted by atomic mass is 9.99. The summed E-state index contributed by atoms with van der Waals surface area (Å²) in [5, 5.41) is 0.